The number of aromatic amines is 1. The minimum atomic E-state index is -1.35. The van der Waals surface area contributed by atoms with Crippen molar-refractivity contribution in [3.8, 4) is 11.5 Å². The smallest absolute Gasteiger partial charge is 0.338 e. The number of nitrogens with zero attached hydrogens (tertiary/aromatic N) is 1. The first-order chi connectivity index (χ1) is 16.8. The van der Waals surface area contributed by atoms with Gasteiger partial charge >= 0.3 is 5.97 Å². The second-order valence-electron chi connectivity index (χ2n) is 9.02. The highest BCUT2D eigenvalue weighted by atomic mass is 35.5. The molecule has 0 bridgehead atoms. The van der Waals surface area contributed by atoms with Gasteiger partial charge in [-0.05, 0) is 57.0 Å². The first-order valence-electron chi connectivity index (χ1n) is 11.8. The van der Waals surface area contributed by atoms with Gasteiger partial charge in [-0.15, -0.1) is 11.6 Å². The molecule has 1 amide bonds. The molecular weight excluding hydrogens is 468 g/mol. The van der Waals surface area contributed by atoms with Crippen LogP contribution in [0.2, 0.25) is 0 Å². The molecule has 35 heavy (non-hydrogen) atoms. The molecule has 0 aliphatic carbocycles. The van der Waals surface area contributed by atoms with Gasteiger partial charge in [-0.3, -0.25) is 4.79 Å². The summed E-state index contributed by atoms with van der Waals surface area (Å²) in [5.41, 5.74) is 2.05. The predicted molar refractivity (Wildman–Crippen MR) is 135 cm³/mol. The number of ether oxygens (including phenoxy) is 3. The number of methoxy groups -OCH3 is 1. The second-order valence-corrected chi connectivity index (χ2v) is 9.29. The number of para-hydroxylation sites is 1. The van der Waals surface area contributed by atoms with Gasteiger partial charge in [0.1, 0.15) is 5.88 Å². The molecule has 2 heterocycles. The third-order valence-electron chi connectivity index (χ3n) is 6.53. The quantitative estimate of drug-likeness (QED) is 0.368. The predicted octanol–water partition coefficient (Wildman–Crippen LogP) is 4.95. The molecule has 1 aliphatic heterocycles. The van der Waals surface area contributed by atoms with E-state index in [4.69, 9.17) is 25.8 Å². The van der Waals surface area contributed by atoms with Gasteiger partial charge in [0.05, 0.1) is 25.5 Å². The maximum absolute atomic E-state index is 13.4. The molecule has 8 heteroatoms. The normalized spacial score (nSPS) is 19.5. The van der Waals surface area contributed by atoms with Crippen LogP contribution in [-0.2, 0) is 19.9 Å². The van der Waals surface area contributed by atoms with E-state index in [0.29, 0.717) is 17.2 Å². The lowest BCUT2D eigenvalue weighted by Crippen LogP contribution is -2.58. The molecular formula is C27H31ClN2O5. The Balaban J connectivity index is 1.96. The summed E-state index contributed by atoms with van der Waals surface area (Å²) in [6.07, 6.45) is -0.00762. The lowest BCUT2D eigenvalue weighted by molar-refractivity contribution is -0.164. The average Bonchev–Trinajstić information content (AvgIpc) is 3.24. The molecule has 1 aromatic heterocycles. The molecule has 3 aromatic rings. The van der Waals surface area contributed by atoms with Crippen LogP contribution in [0, 0.1) is 0 Å². The van der Waals surface area contributed by atoms with Crippen LogP contribution < -0.4 is 9.47 Å². The third kappa shape index (κ3) is 4.22. The van der Waals surface area contributed by atoms with Crippen molar-refractivity contribution >= 4 is 34.4 Å². The number of esters is 1. The van der Waals surface area contributed by atoms with E-state index in [1.54, 1.807) is 21.0 Å². The number of nitrogens with one attached hydrogen (secondary N) is 1. The zero-order valence-electron chi connectivity index (χ0n) is 20.7. The number of carbonyl (C=O) groups is 2. The Morgan fingerprint density at radius 1 is 1.20 bits per heavy atom. The summed E-state index contributed by atoms with van der Waals surface area (Å²) in [6, 6.07) is 13.7. The van der Waals surface area contributed by atoms with Crippen LogP contribution in [0.3, 0.4) is 0 Å². The molecule has 0 spiro atoms. The highest BCUT2D eigenvalue weighted by Gasteiger charge is 2.52. The van der Waals surface area contributed by atoms with Crippen LogP contribution in [0.4, 0.5) is 0 Å². The van der Waals surface area contributed by atoms with Crippen molar-refractivity contribution in [2.24, 2.45) is 0 Å². The zero-order chi connectivity index (χ0) is 25.3. The van der Waals surface area contributed by atoms with E-state index < -0.39 is 11.5 Å². The Morgan fingerprint density at radius 2 is 1.94 bits per heavy atom. The molecule has 1 N–H and O–H groups in total. The number of rotatable bonds is 7. The van der Waals surface area contributed by atoms with Crippen molar-refractivity contribution in [1.29, 1.82) is 0 Å². The van der Waals surface area contributed by atoms with Crippen molar-refractivity contribution in [2.75, 3.05) is 26.1 Å². The Bertz CT molecular complexity index is 1250. The maximum Gasteiger partial charge on any atom is 0.338 e. The van der Waals surface area contributed by atoms with Gasteiger partial charge in [-0.2, -0.15) is 0 Å². The Labute approximate surface area is 210 Å². The van der Waals surface area contributed by atoms with Crippen molar-refractivity contribution in [3.05, 3.63) is 59.3 Å². The molecule has 7 nitrogen and oxygen atoms in total. The van der Waals surface area contributed by atoms with Gasteiger partial charge in [-0.1, -0.05) is 24.3 Å². The zero-order valence-corrected chi connectivity index (χ0v) is 21.4. The van der Waals surface area contributed by atoms with Crippen LogP contribution in [0.25, 0.3) is 10.9 Å². The van der Waals surface area contributed by atoms with Crippen LogP contribution in [-0.4, -0.2) is 54.0 Å². The number of halogens is 1. The molecule has 186 valence electrons. The molecule has 0 saturated heterocycles. The number of H-pyrrole nitrogens is 1. The molecule has 0 saturated carbocycles. The van der Waals surface area contributed by atoms with E-state index in [0.717, 1.165) is 22.0 Å². The largest absolute Gasteiger partial charge is 0.493 e. The fourth-order valence-electron chi connectivity index (χ4n) is 4.93. The van der Waals surface area contributed by atoms with Crippen molar-refractivity contribution in [3.63, 3.8) is 0 Å². The highest BCUT2D eigenvalue weighted by molar-refractivity contribution is 6.27. The summed E-state index contributed by atoms with van der Waals surface area (Å²) < 4.78 is 17.0. The van der Waals surface area contributed by atoms with Crippen LogP contribution in [0.1, 0.15) is 50.4 Å². The van der Waals surface area contributed by atoms with Gasteiger partial charge in [0.2, 0.25) is 5.91 Å². The SMILES string of the molecule is CCOC(=O)C1(C)c2[nH]c3ccccc3c2C(c2ccc(OC(C)C)c(OC)c2)CN1C(=O)CCl. The second kappa shape index (κ2) is 9.82. The minimum Gasteiger partial charge on any atom is -0.493 e. The van der Waals surface area contributed by atoms with E-state index in [1.807, 2.05) is 56.3 Å². The van der Waals surface area contributed by atoms with E-state index >= 15 is 0 Å². The summed E-state index contributed by atoms with van der Waals surface area (Å²) >= 11 is 6.02. The number of aromatic nitrogens is 1. The minimum absolute atomic E-state index is 0.00762. The summed E-state index contributed by atoms with van der Waals surface area (Å²) in [5.74, 6) is -0.0799. The van der Waals surface area contributed by atoms with Gasteiger partial charge in [0, 0.05) is 23.4 Å². The molecule has 2 aromatic carbocycles. The van der Waals surface area contributed by atoms with Crippen molar-refractivity contribution in [1.82, 2.24) is 9.88 Å². The summed E-state index contributed by atoms with van der Waals surface area (Å²) in [5, 5.41) is 0.988. The lowest BCUT2D eigenvalue weighted by Gasteiger charge is -2.45. The van der Waals surface area contributed by atoms with E-state index in [-0.39, 0.29) is 37.0 Å². The van der Waals surface area contributed by atoms with Crippen LogP contribution in [0.5, 0.6) is 11.5 Å². The number of alkyl halides is 1. The Kier molecular flexibility index (Phi) is 6.99. The van der Waals surface area contributed by atoms with Crippen molar-refractivity contribution < 1.29 is 23.8 Å². The fraction of sp³-hybridized carbons (Fsp3) is 0.407. The summed E-state index contributed by atoms with van der Waals surface area (Å²) in [4.78, 5) is 31.4. The fourth-order valence-corrected chi connectivity index (χ4v) is 5.08. The van der Waals surface area contributed by atoms with Gasteiger partial charge in [-0.25, -0.2) is 4.79 Å². The standard InChI is InChI=1S/C27H31ClN2O5/c1-6-34-26(32)27(4)25-24(18-9-7-8-10-20(18)29-25)19(15-30(27)23(31)14-28)17-11-12-21(35-16(2)3)22(13-17)33-5/h7-13,16,19,29H,6,14-15H2,1-5H3. The maximum atomic E-state index is 13.4. The number of amides is 1. The monoisotopic (exact) mass is 498 g/mol. The first kappa shape index (κ1) is 24.9. The van der Waals surface area contributed by atoms with Crippen LogP contribution >= 0.6 is 11.6 Å². The van der Waals surface area contributed by atoms with Crippen molar-refractivity contribution in [2.45, 2.75) is 45.3 Å². The van der Waals surface area contributed by atoms with Crippen LogP contribution in [0.15, 0.2) is 42.5 Å². The molecule has 1 aliphatic rings. The third-order valence-corrected chi connectivity index (χ3v) is 6.76. The topological polar surface area (TPSA) is 80.9 Å². The molecule has 4 rings (SSSR count). The lowest BCUT2D eigenvalue weighted by atomic mass is 9.78. The van der Waals surface area contributed by atoms with Gasteiger partial charge in [0.15, 0.2) is 17.0 Å². The van der Waals surface area contributed by atoms with Gasteiger partial charge in [0.25, 0.3) is 0 Å². The Morgan fingerprint density at radius 3 is 2.60 bits per heavy atom. The van der Waals surface area contributed by atoms with E-state index in [9.17, 15) is 9.59 Å². The van der Waals surface area contributed by atoms with Gasteiger partial charge < -0.3 is 24.1 Å². The average molecular weight is 499 g/mol. The Hall–Kier alpha value is -3.19. The number of hydrogen-bond donors (Lipinski definition) is 1. The number of benzene rings is 2. The van der Waals surface area contributed by atoms with E-state index in [1.165, 1.54) is 4.90 Å². The summed E-state index contributed by atoms with van der Waals surface area (Å²) in [7, 11) is 1.60. The van der Waals surface area contributed by atoms with E-state index in [2.05, 4.69) is 4.98 Å². The number of fused-ring (bicyclic) bond motifs is 3. The number of hydrogen-bond acceptors (Lipinski definition) is 5. The number of carbonyl (C=O) groups excluding carboxylic acids is 2. The highest BCUT2D eigenvalue weighted by Crippen LogP contribution is 2.47. The first-order valence-corrected chi connectivity index (χ1v) is 12.3. The summed E-state index contributed by atoms with van der Waals surface area (Å²) in [6.45, 7) is 7.84. The molecule has 0 fully saturated rings. The molecule has 2 unspecified atom stereocenters. The molecule has 0 radical (unpaired) electrons. The molecule has 2 atom stereocenters.